The molecule has 0 aliphatic rings. The normalized spacial score (nSPS) is 10.8. The largest absolute Gasteiger partial charge is 0.399 e. The van der Waals surface area contributed by atoms with E-state index >= 15 is 0 Å². The molecule has 17 heavy (non-hydrogen) atoms. The van der Waals surface area contributed by atoms with Gasteiger partial charge in [0.2, 0.25) is 5.95 Å². The Balaban J connectivity index is 2.13. The molecule has 0 saturated heterocycles. The molecule has 1 aromatic carbocycles. The summed E-state index contributed by atoms with van der Waals surface area (Å²) in [6.07, 6.45) is 3.42. The molecule has 3 aromatic rings. The van der Waals surface area contributed by atoms with Crippen LogP contribution in [0.3, 0.4) is 0 Å². The van der Waals surface area contributed by atoms with Crippen LogP contribution in [0.4, 0.5) is 11.6 Å². The highest BCUT2D eigenvalue weighted by molar-refractivity contribution is 5.62. The molecule has 2 aromatic heterocycles. The Morgan fingerprint density at radius 1 is 1.06 bits per heavy atom. The number of hydrogen-bond acceptors (Lipinski definition) is 5. The molecule has 6 nitrogen and oxygen atoms in total. The molecular formula is C11H10N6. The highest BCUT2D eigenvalue weighted by Crippen LogP contribution is 2.18. The Hall–Kier alpha value is -2.63. The van der Waals surface area contributed by atoms with E-state index in [9.17, 15) is 0 Å². The summed E-state index contributed by atoms with van der Waals surface area (Å²) in [5.74, 6) is 0.237. The van der Waals surface area contributed by atoms with Gasteiger partial charge in [-0.3, -0.25) is 4.98 Å². The average Bonchev–Trinajstić information content (AvgIpc) is 2.69. The van der Waals surface area contributed by atoms with Gasteiger partial charge in [-0.25, -0.2) is 4.52 Å². The Morgan fingerprint density at radius 2 is 1.82 bits per heavy atom. The van der Waals surface area contributed by atoms with Crippen molar-refractivity contribution >= 4 is 17.3 Å². The van der Waals surface area contributed by atoms with Gasteiger partial charge in [-0.05, 0) is 12.1 Å². The van der Waals surface area contributed by atoms with Crippen LogP contribution in [0.15, 0.2) is 36.7 Å². The third kappa shape index (κ3) is 1.65. The minimum Gasteiger partial charge on any atom is -0.399 e. The van der Waals surface area contributed by atoms with Gasteiger partial charge in [-0.15, -0.1) is 5.10 Å². The van der Waals surface area contributed by atoms with E-state index in [1.807, 2.05) is 24.3 Å². The maximum Gasteiger partial charge on any atom is 0.240 e. The smallest absolute Gasteiger partial charge is 0.240 e. The van der Waals surface area contributed by atoms with Crippen molar-refractivity contribution < 1.29 is 0 Å². The first-order chi connectivity index (χ1) is 8.22. The van der Waals surface area contributed by atoms with Crippen molar-refractivity contribution in [1.82, 2.24) is 19.6 Å². The van der Waals surface area contributed by atoms with Gasteiger partial charge in [0.05, 0.1) is 18.1 Å². The van der Waals surface area contributed by atoms with Crippen LogP contribution in [0, 0.1) is 0 Å². The summed E-state index contributed by atoms with van der Waals surface area (Å²) in [5, 5.41) is 4.04. The Labute approximate surface area is 96.9 Å². The molecule has 2 heterocycles. The van der Waals surface area contributed by atoms with Crippen LogP contribution < -0.4 is 11.5 Å². The first-order valence-corrected chi connectivity index (χ1v) is 5.06. The van der Waals surface area contributed by atoms with Crippen LogP contribution in [-0.2, 0) is 0 Å². The molecule has 0 atom stereocenters. The number of nitrogens with zero attached hydrogens (tertiary/aromatic N) is 4. The van der Waals surface area contributed by atoms with Crippen molar-refractivity contribution in [3.63, 3.8) is 0 Å². The molecule has 0 radical (unpaired) electrons. The fourth-order valence-corrected chi connectivity index (χ4v) is 1.61. The van der Waals surface area contributed by atoms with Crippen LogP contribution in [0.5, 0.6) is 0 Å². The summed E-state index contributed by atoms with van der Waals surface area (Å²) >= 11 is 0. The van der Waals surface area contributed by atoms with Crippen LogP contribution in [0.1, 0.15) is 0 Å². The molecule has 3 rings (SSSR count). The van der Waals surface area contributed by atoms with Crippen molar-refractivity contribution in [2.75, 3.05) is 11.5 Å². The number of benzene rings is 1. The SMILES string of the molecule is Nc1ccc(-c2cn3nc(N)nc3cn2)cc1. The second-order valence-corrected chi connectivity index (χ2v) is 3.67. The van der Waals surface area contributed by atoms with Gasteiger partial charge in [-0.2, -0.15) is 4.98 Å². The lowest BCUT2D eigenvalue weighted by Crippen LogP contribution is -1.93. The summed E-state index contributed by atoms with van der Waals surface area (Å²) in [4.78, 5) is 8.31. The second-order valence-electron chi connectivity index (χ2n) is 3.67. The zero-order chi connectivity index (χ0) is 11.8. The van der Waals surface area contributed by atoms with Crippen LogP contribution in [0.2, 0.25) is 0 Å². The molecule has 0 spiro atoms. The van der Waals surface area contributed by atoms with E-state index in [0.29, 0.717) is 5.65 Å². The van der Waals surface area contributed by atoms with E-state index in [1.54, 1.807) is 16.9 Å². The first kappa shape index (κ1) is 9.59. The number of anilines is 2. The Bertz CT molecular complexity index is 670. The van der Waals surface area contributed by atoms with Gasteiger partial charge in [0.25, 0.3) is 0 Å². The number of rotatable bonds is 1. The van der Waals surface area contributed by atoms with Crippen molar-refractivity contribution in [1.29, 1.82) is 0 Å². The fourth-order valence-electron chi connectivity index (χ4n) is 1.61. The second kappa shape index (κ2) is 3.44. The highest BCUT2D eigenvalue weighted by Gasteiger charge is 2.04. The third-order valence-electron chi connectivity index (χ3n) is 2.44. The van der Waals surface area contributed by atoms with E-state index in [0.717, 1.165) is 16.9 Å². The van der Waals surface area contributed by atoms with E-state index in [-0.39, 0.29) is 5.95 Å². The van der Waals surface area contributed by atoms with Crippen LogP contribution >= 0.6 is 0 Å². The number of fused-ring (bicyclic) bond motifs is 1. The molecule has 0 fully saturated rings. The van der Waals surface area contributed by atoms with E-state index < -0.39 is 0 Å². The lowest BCUT2D eigenvalue weighted by molar-refractivity contribution is 0.955. The van der Waals surface area contributed by atoms with Crippen molar-refractivity contribution in [3.8, 4) is 11.3 Å². The lowest BCUT2D eigenvalue weighted by atomic mass is 10.1. The highest BCUT2D eigenvalue weighted by atomic mass is 15.3. The maximum absolute atomic E-state index is 5.63. The predicted octanol–water partition coefficient (Wildman–Crippen LogP) is 0.956. The van der Waals surface area contributed by atoms with Gasteiger partial charge in [0.1, 0.15) is 0 Å². The third-order valence-corrected chi connectivity index (χ3v) is 2.44. The zero-order valence-electron chi connectivity index (χ0n) is 8.91. The monoisotopic (exact) mass is 226 g/mol. The molecule has 0 aliphatic carbocycles. The van der Waals surface area contributed by atoms with E-state index in [4.69, 9.17) is 11.5 Å². The predicted molar refractivity (Wildman–Crippen MR) is 65.0 cm³/mol. The molecule has 4 N–H and O–H groups in total. The maximum atomic E-state index is 5.63. The standard InChI is InChI=1S/C11H10N6/c12-8-3-1-7(2-4-8)9-6-17-10(5-14-9)15-11(13)16-17/h1-6H,12H2,(H2,13,16). The Kier molecular flexibility index (Phi) is 1.94. The minimum atomic E-state index is 0.237. The Morgan fingerprint density at radius 3 is 2.59 bits per heavy atom. The van der Waals surface area contributed by atoms with Gasteiger partial charge in [0, 0.05) is 11.3 Å². The molecule has 0 aliphatic heterocycles. The fraction of sp³-hybridized carbons (Fsp3) is 0. The van der Waals surface area contributed by atoms with E-state index in [1.165, 1.54) is 0 Å². The summed E-state index contributed by atoms with van der Waals surface area (Å²) in [5.41, 5.74) is 14.3. The summed E-state index contributed by atoms with van der Waals surface area (Å²) in [6, 6.07) is 7.47. The van der Waals surface area contributed by atoms with Crippen molar-refractivity contribution in [2.45, 2.75) is 0 Å². The molecule has 0 amide bonds. The summed E-state index contributed by atoms with van der Waals surface area (Å²) in [6.45, 7) is 0. The first-order valence-electron chi connectivity index (χ1n) is 5.06. The van der Waals surface area contributed by atoms with Crippen molar-refractivity contribution in [3.05, 3.63) is 36.7 Å². The van der Waals surface area contributed by atoms with Gasteiger partial charge < -0.3 is 11.5 Å². The lowest BCUT2D eigenvalue weighted by Gasteiger charge is -2.01. The molecule has 0 bridgehead atoms. The molecule has 0 unspecified atom stereocenters. The number of hydrogen-bond donors (Lipinski definition) is 2. The minimum absolute atomic E-state index is 0.237. The van der Waals surface area contributed by atoms with Crippen molar-refractivity contribution in [2.24, 2.45) is 0 Å². The molecule has 6 heteroatoms. The van der Waals surface area contributed by atoms with Gasteiger partial charge in [-0.1, -0.05) is 12.1 Å². The number of nitrogens with two attached hydrogens (primary N) is 2. The summed E-state index contributed by atoms with van der Waals surface area (Å²) < 4.78 is 1.61. The quantitative estimate of drug-likeness (QED) is 0.602. The summed E-state index contributed by atoms with van der Waals surface area (Å²) in [7, 11) is 0. The average molecular weight is 226 g/mol. The zero-order valence-corrected chi connectivity index (χ0v) is 8.91. The van der Waals surface area contributed by atoms with Crippen LogP contribution in [-0.4, -0.2) is 19.6 Å². The topological polar surface area (TPSA) is 95.1 Å². The number of nitrogen functional groups attached to an aromatic ring is 2. The molecule has 84 valence electrons. The van der Waals surface area contributed by atoms with Gasteiger partial charge >= 0.3 is 0 Å². The van der Waals surface area contributed by atoms with Crippen LogP contribution in [0.25, 0.3) is 16.9 Å². The number of aromatic nitrogens is 4. The molecular weight excluding hydrogens is 216 g/mol. The molecule has 0 saturated carbocycles. The van der Waals surface area contributed by atoms with E-state index in [2.05, 4.69) is 15.1 Å². The van der Waals surface area contributed by atoms with Gasteiger partial charge in [0.15, 0.2) is 5.65 Å².